The second kappa shape index (κ2) is 5.62. The van der Waals surface area contributed by atoms with E-state index in [4.69, 9.17) is 0 Å². The van der Waals surface area contributed by atoms with E-state index >= 15 is 0 Å². The average Bonchev–Trinajstić information content (AvgIpc) is 2.86. The summed E-state index contributed by atoms with van der Waals surface area (Å²) in [4.78, 5) is 15.2. The number of hydrogen-bond donors (Lipinski definition) is 2. The maximum absolute atomic E-state index is 11.0. The smallest absolute Gasteiger partial charge is 0.249 e. The van der Waals surface area contributed by atoms with E-state index in [9.17, 15) is 4.79 Å². The van der Waals surface area contributed by atoms with E-state index in [-0.39, 0.29) is 5.91 Å². The third kappa shape index (κ3) is 3.17. The Hall–Kier alpha value is -2.89. The summed E-state index contributed by atoms with van der Waals surface area (Å²) in [6, 6.07) is 13.9. The summed E-state index contributed by atoms with van der Waals surface area (Å²) >= 11 is 0. The number of nitrogens with zero attached hydrogens (tertiary/aromatic N) is 3. The second-order valence-electron chi connectivity index (χ2n) is 4.68. The lowest BCUT2D eigenvalue weighted by Crippen LogP contribution is -2.07. The van der Waals surface area contributed by atoms with Crippen LogP contribution in [0.5, 0.6) is 0 Å². The summed E-state index contributed by atoms with van der Waals surface area (Å²) in [5.74, 6) is 0.121. The SMILES string of the molecule is CC(=O)Nc1nc2ccc(NCc3ccccc3)cn2n1. The van der Waals surface area contributed by atoms with E-state index in [0.29, 0.717) is 11.6 Å². The fraction of sp³-hybridized carbons (Fsp3) is 0.133. The van der Waals surface area contributed by atoms with Crippen LogP contribution in [-0.4, -0.2) is 20.5 Å². The minimum absolute atomic E-state index is 0.187. The van der Waals surface area contributed by atoms with Crippen molar-refractivity contribution in [3.05, 3.63) is 54.2 Å². The highest BCUT2D eigenvalue weighted by Crippen LogP contribution is 2.12. The monoisotopic (exact) mass is 281 g/mol. The molecule has 0 spiro atoms. The minimum atomic E-state index is -0.187. The third-order valence-corrected chi connectivity index (χ3v) is 2.96. The molecule has 2 N–H and O–H groups in total. The van der Waals surface area contributed by atoms with E-state index in [1.807, 2.05) is 36.5 Å². The molecule has 0 fully saturated rings. The van der Waals surface area contributed by atoms with Crippen molar-refractivity contribution in [2.75, 3.05) is 10.6 Å². The Morgan fingerprint density at radius 2 is 2.00 bits per heavy atom. The van der Waals surface area contributed by atoms with E-state index in [2.05, 4.69) is 32.8 Å². The lowest BCUT2D eigenvalue weighted by atomic mass is 10.2. The van der Waals surface area contributed by atoms with Crippen LogP contribution in [-0.2, 0) is 11.3 Å². The molecule has 0 aliphatic rings. The first-order valence-electron chi connectivity index (χ1n) is 6.62. The zero-order chi connectivity index (χ0) is 14.7. The number of fused-ring (bicyclic) bond motifs is 1. The van der Waals surface area contributed by atoms with E-state index < -0.39 is 0 Å². The molecule has 2 aromatic heterocycles. The molecule has 3 aromatic rings. The number of anilines is 2. The van der Waals surface area contributed by atoms with E-state index in [0.717, 1.165) is 12.2 Å². The van der Waals surface area contributed by atoms with Crippen LogP contribution in [0.25, 0.3) is 5.65 Å². The van der Waals surface area contributed by atoms with Gasteiger partial charge in [-0.1, -0.05) is 30.3 Å². The van der Waals surface area contributed by atoms with Crippen LogP contribution in [0.15, 0.2) is 48.7 Å². The fourth-order valence-corrected chi connectivity index (χ4v) is 2.00. The molecule has 1 amide bonds. The van der Waals surface area contributed by atoms with Crippen molar-refractivity contribution in [2.45, 2.75) is 13.5 Å². The van der Waals surface area contributed by atoms with Gasteiger partial charge in [0, 0.05) is 13.5 Å². The normalized spacial score (nSPS) is 10.5. The quantitative estimate of drug-likeness (QED) is 0.769. The predicted molar refractivity (Wildman–Crippen MR) is 81.1 cm³/mol. The maximum atomic E-state index is 11.0. The maximum Gasteiger partial charge on any atom is 0.249 e. The summed E-state index contributed by atoms with van der Waals surface area (Å²) < 4.78 is 1.64. The van der Waals surface area contributed by atoms with Crippen molar-refractivity contribution >= 4 is 23.2 Å². The molecular formula is C15H15N5O. The Morgan fingerprint density at radius 3 is 2.76 bits per heavy atom. The summed E-state index contributed by atoms with van der Waals surface area (Å²) in [6.45, 7) is 2.16. The number of nitrogens with one attached hydrogen (secondary N) is 2. The Morgan fingerprint density at radius 1 is 1.19 bits per heavy atom. The molecule has 21 heavy (non-hydrogen) atoms. The molecule has 0 aliphatic carbocycles. The largest absolute Gasteiger partial charge is 0.380 e. The van der Waals surface area contributed by atoms with E-state index in [1.165, 1.54) is 12.5 Å². The van der Waals surface area contributed by atoms with Crippen molar-refractivity contribution in [1.82, 2.24) is 14.6 Å². The number of carbonyl (C=O) groups is 1. The highest BCUT2D eigenvalue weighted by atomic mass is 16.1. The van der Waals surface area contributed by atoms with Crippen LogP contribution in [0.2, 0.25) is 0 Å². The summed E-state index contributed by atoms with van der Waals surface area (Å²) in [6.07, 6.45) is 1.84. The van der Waals surface area contributed by atoms with Gasteiger partial charge in [-0.2, -0.15) is 4.98 Å². The van der Waals surface area contributed by atoms with Crippen LogP contribution in [0, 0.1) is 0 Å². The highest BCUT2D eigenvalue weighted by Gasteiger charge is 2.05. The molecule has 6 heteroatoms. The molecule has 3 rings (SSSR count). The van der Waals surface area contributed by atoms with Crippen molar-refractivity contribution in [3.8, 4) is 0 Å². The van der Waals surface area contributed by atoms with Gasteiger partial charge in [0.25, 0.3) is 0 Å². The Bertz CT molecular complexity index is 766. The Kier molecular flexibility index (Phi) is 3.51. The number of carbonyl (C=O) groups excluding carboxylic acids is 1. The molecule has 106 valence electrons. The number of amides is 1. The van der Waals surface area contributed by atoms with Crippen molar-refractivity contribution in [2.24, 2.45) is 0 Å². The van der Waals surface area contributed by atoms with E-state index in [1.54, 1.807) is 4.52 Å². The highest BCUT2D eigenvalue weighted by molar-refractivity contribution is 5.86. The van der Waals surface area contributed by atoms with Crippen LogP contribution in [0.4, 0.5) is 11.6 Å². The summed E-state index contributed by atoms with van der Waals surface area (Å²) in [5.41, 5.74) is 2.82. The first-order valence-corrected chi connectivity index (χ1v) is 6.62. The van der Waals surface area contributed by atoms with Crippen LogP contribution in [0.1, 0.15) is 12.5 Å². The Labute approximate surface area is 121 Å². The molecule has 0 bridgehead atoms. The molecule has 1 aromatic carbocycles. The first-order chi connectivity index (χ1) is 10.2. The number of benzene rings is 1. The topological polar surface area (TPSA) is 71.3 Å². The lowest BCUT2D eigenvalue weighted by Gasteiger charge is -2.06. The van der Waals surface area contributed by atoms with Gasteiger partial charge in [-0.15, -0.1) is 5.10 Å². The van der Waals surface area contributed by atoms with Crippen LogP contribution >= 0.6 is 0 Å². The first kappa shape index (κ1) is 13.1. The molecular weight excluding hydrogens is 266 g/mol. The van der Waals surface area contributed by atoms with Gasteiger partial charge < -0.3 is 5.32 Å². The molecule has 0 aliphatic heterocycles. The zero-order valence-electron chi connectivity index (χ0n) is 11.6. The van der Waals surface area contributed by atoms with Crippen LogP contribution in [0.3, 0.4) is 0 Å². The molecule has 0 atom stereocenters. The molecule has 0 radical (unpaired) electrons. The number of pyridine rings is 1. The predicted octanol–water partition coefficient (Wildman–Crippen LogP) is 2.30. The minimum Gasteiger partial charge on any atom is -0.380 e. The van der Waals surface area contributed by atoms with Gasteiger partial charge in [0.1, 0.15) is 0 Å². The van der Waals surface area contributed by atoms with Crippen molar-refractivity contribution in [1.29, 1.82) is 0 Å². The standard InChI is InChI=1S/C15H15N5O/c1-11(21)17-15-18-14-8-7-13(10-20(14)19-15)16-9-12-5-3-2-4-6-12/h2-8,10,16H,9H2,1H3,(H,17,19,21). The lowest BCUT2D eigenvalue weighted by molar-refractivity contribution is -0.114. The van der Waals surface area contributed by atoms with Gasteiger partial charge in [0.05, 0.1) is 11.9 Å². The number of aromatic nitrogens is 3. The van der Waals surface area contributed by atoms with Crippen molar-refractivity contribution < 1.29 is 4.79 Å². The van der Waals surface area contributed by atoms with Gasteiger partial charge >= 0.3 is 0 Å². The summed E-state index contributed by atoms with van der Waals surface area (Å²) in [5, 5.41) is 10.1. The van der Waals surface area contributed by atoms with Gasteiger partial charge in [0.15, 0.2) is 5.65 Å². The molecule has 0 unspecified atom stereocenters. The van der Waals surface area contributed by atoms with Gasteiger partial charge in [0.2, 0.25) is 11.9 Å². The Balaban J connectivity index is 1.76. The second-order valence-corrected chi connectivity index (χ2v) is 4.68. The van der Waals surface area contributed by atoms with Crippen molar-refractivity contribution in [3.63, 3.8) is 0 Å². The van der Waals surface area contributed by atoms with Gasteiger partial charge in [-0.25, -0.2) is 4.52 Å². The molecule has 0 saturated heterocycles. The fourth-order valence-electron chi connectivity index (χ4n) is 2.00. The number of hydrogen-bond acceptors (Lipinski definition) is 4. The van der Waals surface area contributed by atoms with Crippen LogP contribution < -0.4 is 10.6 Å². The molecule has 0 saturated carbocycles. The van der Waals surface area contributed by atoms with Gasteiger partial charge in [-0.05, 0) is 17.7 Å². The zero-order valence-corrected chi connectivity index (χ0v) is 11.6. The number of rotatable bonds is 4. The average molecular weight is 281 g/mol. The molecule has 6 nitrogen and oxygen atoms in total. The summed E-state index contributed by atoms with van der Waals surface area (Å²) in [7, 11) is 0. The molecule has 2 heterocycles. The third-order valence-electron chi connectivity index (χ3n) is 2.96. The van der Waals surface area contributed by atoms with Gasteiger partial charge in [-0.3, -0.25) is 10.1 Å².